The topological polar surface area (TPSA) is 108 Å². The number of esters is 1. The molecule has 6 rings (SSSR count). The lowest BCUT2D eigenvalue weighted by Crippen LogP contribution is -2.26. The minimum Gasteiger partial charge on any atom is -0.481 e. The zero-order chi connectivity index (χ0) is 48.6. The van der Waals surface area contributed by atoms with Crippen LogP contribution in [0.25, 0.3) is 21.8 Å². The van der Waals surface area contributed by atoms with E-state index in [0.29, 0.717) is 38.0 Å². The van der Waals surface area contributed by atoms with Crippen LogP contribution in [-0.4, -0.2) is 44.4 Å². The van der Waals surface area contributed by atoms with Gasteiger partial charge in [-0.1, -0.05) is 162 Å². The number of carbonyl (C=O) groups is 4. The zero-order valence-corrected chi connectivity index (χ0v) is 43.2. The number of Topliss-reactive ketones (excluding diaryl/α,β-unsaturated/α-hetero) is 2. The fourth-order valence-corrected chi connectivity index (χ4v) is 9.59. The van der Waals surface area contributed by atoms with E-state index in [-0.39, 0.29) is 69.6 Å². The van der Waals surface area contributed by atoms with Crippen molar-refractivity contribution in [3.8, 4) is 0 Å². The molecule has 0 saturated carbocycles. The maximum atomic E-state index is 13.4. The molecular weight excluding hydrogens is 992 g/mol. The second kappa shape index (κ2) is 28.6. The molecule has 0 spiro atoms. The van der Waals surface area contributed by atoms with Gasteiger partial charge in [0, 0.05) is 80.9 Å². The van der Waals surface area contributed by atoms with Gasteiger partial charge in [0.15, 0.2) is 0 Å². The van der Waals surface area contributed by atoms with E-state index in [1.807, 2.05) is 51.1 Å². The van der Waals surface area contributed by atoms with Gasteiger partial charge in [-0.3, -0.25) is 19.2 Å². The van der Waals surface area contributed by atoms with Gasteiger partial charge in [0.1, 0.15) is 18.2 Å². The SMILES string of the molecule is C.C.C=CCOC(=O)[C@@H](CC(=O)[C@@H](CC)Cc1cn(Cc2ccc(Br)cc2)c2ccccc12)CC(C)C.CC[C@@H](Cc1cn(Cc2ccc(Br)cc2)c2ccccc12)C(=O)C[C@@H](CC(C)C)C(=O)O. The van der Waals surface area contributed by atoms with Crippen LogP contribution in [0.15, 0.2) is 131 Å². The van der Waals surface area contributed by atoms with Crippen LogP contribution < -0.4 is 0 Å². The molecule has 1 N–H and O–H groups in total. The summed E-state index contributed by atoms with van der Waals surface area (Å²) in [7, 11) is 0. The largest absolute Gasteiger partial charge is 0.481 e. The molecule has 0 amide bonds. The van der Waals surface area contributed by atoms with Gasteiger partial charge in [0.05, 0.1) is 11.8 Å². The second-order valence-electron chi connectivity index (χ2n) is 18.7. The highest BCUT2D eigenvalue weighted by Crippen LogP contribution is 2.30. The highest BCUT2D eigenvalue weighted by molar-refractivity contribution is 9.10. The molecule has 69 heavy (non-hydrogen) atoms. The number of hydrogen-bond acceptors (Lipinski definition) is 5. The number of halogens is 2. The highest BCUT2D eigenvalue weighted by Gasteiger charge is 2.29. The molecule has 0 unspecified atom stereocenters. The molecule has 0 aliphatic heterocycles. The second-order valence-corrected chi connectivity index (χ2v) is 20.6. The molecule has 8 nitrogen and oxygen atoms in total. The van der Waals surface area contributed by atoms with Crippen molar-refractivity contribution < 1.29 is 29.0 Å². The third-order valence-corrected chi connectivity index (χ3v) is 13.6. The molecule has 6 aromatic rings. The molecule has 0 bridgehead atoms. The number of fused-ring (bicyclic) bond motifs is 2. The Morgan fingerprint density at radius 2 is 1.00 bits per heavy atom. The maximum absolute atomic E-state index is 13.4. The van der Waals surface area contributed by atoms with Crippen LogP contribution in [0, 0.1) is 35.5 Å². The van der Waals surface area contributed by atoms with Crippen molar-refractivity contribution in [1.29, 1.82) is 0 Å². The number of hydrogen-bond donors (Lipinski definition) is 1. The van der Waals surface area contributed by atoms with E-state index in [0.717, 1.165) is 44.9 Å². The number of ketones is 2. The molecule has 10 heteroatoms. The molecule has 4 atom stereocenters. The third-order valence-electron chi connectivity index (χ3n) is 12.5. The van der Waals surface area contributed by atoms with Crippen molar-refractivity contribution in [3.05, 3.63) is 153 Å². The maximum Gasteiger partial charge on any atom is 0.309 e. The minimum atomic E-state index is -0.868. The number of ether oxygens (including phenoxy) is 1. The Kier molecular flexibility index (Phi) is 24.1. The van der Waals surface area contributed by atoms with E-state index in [1.165, 1.54) is 27.6 Å². The summed E-state index contributed by atoms with van der Waals surface area (Å²) in [5.74, 6) is -1.73. The van der Waals surface area contributed by atoms with Gasteiger partial charge >= 0.3 is 11.9 Å². The molecule has 0 aliphatic carbocycles. The number of para-hydroxylation sites is 2. The van der Waals surface area contributed by atoms with Gasteiger partial charge in [-0.05, 0) is 109 Å². The Balaban J connectivity index is 0.000000356. The quantitative estimate of drug-likeness (QED) is 0.0478. The first kappa shape index (κ1) is 58.3. The van der Waals surface area contributed by atoms with Crippen molar-refractivity contribution in [2.24, 2.45) is 35.5 Å². The summed E-state index contributed by atoms with van der Waals surface area (Å²) in [5.41, 5.74) is 7.07. The summed E-state index contributed by atoms with van der Waals surface area (Å²) in [6.45, 7) is 17.5. The van der Waals surface area contributed by atoms with Crippen molar-refractivity contribution in [1.82, 2.24) is 9.13 Å². The lowest BCUT2D eigenvalue weighted by Gasteiger charge is -2.20. The van der Waals surface area contributed by atoms with Crippen LogP contribution in [0.5, 0.6) is 0 Å². The van der Waals surface area contributed by atoms with E-state index < -0.39 is 17.8 Å². The number of carbonyl (C=O) groups excluding carboxylic acids is 3. The molecule has 0 fully saturated rings. The number of nitrogens with zero attached hydrogens (tertiary/aromatic N) is 2. The Morgan fingerprint density at radius 3 is 1.38 bits per heavy atom. The van der Waals surface area contributed by atoms with Crippen LogP contribution in [0.4, 0.5) is 0 Å². The van der Waals surface area contributed by atoms with Gasteiger partial charge in [-0.15, -0.1) is 0 Å². The standard InChI is InChI=1S/C30H36BrNO3.C27H32BrNO3.2CH4/c1-5-15-35-30(34)24(16-21(3)4)18-29(33)23(6-2)17-25-20-32(28-10-8-7-9-27(25)28)19-22-11-13-26(31)14-12-22;1-4-20(26(30)15-21(27(31)32)13-18(2)3)14-22-17-29(25-8-6-5-7-24(22)25)16-19-9-11-23(28)12-10-19;;/h5,7-14,20-21,23-24H,1,6,15-19H2,2-4H3;5-12,17-18,20-21H,4,13-16H2,1-3H3,(H,31,32);2*1H4/t23-,24+;20-,21+;;/m00../s1. The number of benzene rings is 4. The first-order valence-electron chi connectivity index (χ1n) is 23.8. The van der Waals surface area contributed by atoms with Gasteiger partial charge in [0.25, 0.3) is 0 Å². The molecule has 2 aromatic heterocycles. The van der Waals surface area contributed by atoms with E-state index in [4.69, 9.17) is 4.74 Å². The Hall–Kier alpha value is -5.06. The molecular formula is C59H76Br2N2O6. The Labute approximate surface area is 429 Å². The monoisotopic (exact) mass is 1070 g/mol. The van der Waals surface area contributed by atoms with Gasteiger partial charge < -0.3 is 19.0 Å². The summed E-state index contributed by atoms with van der Waals surface area (Å²) in [6, 6.07) is 33.3. The molecule has 0 saturated heterocycles. The first-order chi connectivity index (χ1) is 32.1. The lowest BCUT2D eigenvalue weighted by molar-refractivity contribution is -0.150. The minimum absolute atomic E-state index is 0. The molecule has 4 aromatic carbocycles. The summed E-state index contributed by atoms with van der Waals surface area (Å²) >= 11 is 6.99. The Bertz CT molecular complexity index is 2570. The lowest BCUT2D eigenvalue weighted by atomic mass is 9.85. The van der Waals surface area contributed by atoms with Crippen LogP contribution >= 0.6 is 31.9 Å². The number of carboxylic acids is 1. The van der Waals surface area contributed by atoms with Gasteiger partial charge in [-0.25, -0.2) is 0 Å². The number of aromatic nitrogens is 2. The summed E-state index contributed by atoms with van der Waals surface area (Å²) < 4.78 is 11.9. The first-order valence-corrected chi connectivity index (χ1v) is 25.4. The fraction of sp³-hybridized carbons (Fsp3) is 0.424. The smallest absolute Gasteiger partial charge is 0.309 e. The van der Waals surface area contributed by atoms with E-state index in [9.17, 15) is 24.3 Å². The van der Waals surface area contributed by atoms with Gasteiger partial charge in [0.2, 0.25) is 0 Å². The summed E-state index contributed by atoms with van der Waals surface area (Å²) in [4.78, 5) is 50.7. The predicted molar refractivity (Wildman–Crippen MR) is 293 cm³/mol. The van der Waals surface area contributed by atoms with Crippen molar-refractivity contribution in [2.75, 3.05) is 6.61 Å². The van der Waals surface area contributed by atoms with E-state index in [2.05, 4.69) is 147 Å². The van der Waals surface area contributed by atoms with Crippen LogP contribution in [0.1, 0.15) is 117 Å². The van der Waals surface area contributed by atoms with Crippen molar-refractivity contribution in [2.45, 2.75) is 121 Å². The van der Waals surface area contributed by atoms with Crippen LogP contribution in [-0.2, 0) is 49.8 Å². The summed E-state index contributed by atoms with van der Waals surface area (Å²) in [6.07, 6.45) is 10.2. The average molecular weight is 1070 g/mol. The predicted octanol–water partition coefficient (Wildman–Crippen LogP) is 15.4. The fourth-order valence-electron chi connectivity index (χ4n) is 9.06. The summed E-state index contributed by atoms with van der Waals surface area (Å²) in [5, 5.41) is 11.9. The highest BCUT2D eigenvalue weighted by atomic mass is 79.9. The Morgan fingerprint density at radius 1 is 0.609 bits per heavy atom. The van der Waals surface area contributed by atoms with Crippen molar-refractivity contribution >= 4 is 77.2 Å². The van der Waals surface area contributed by atoms with Gasteiger partial charge in [-0.2, -0.15) is 0 Å². The van der Waals surface area contributed by atoms with E-state index in [1.54, 1.807) is 6.08 Å². The normalized spacial score (nSPS) is 12.8. The third kappa shape index (κ3) is 17.1. The molecule has 0 aliphatic rings. The van der Waals surface area contributed by atoms with E-state index >= 15 is 0 Å². The molecule has 372 valence electrons. The van der Waals surface area contributed by atoms with Crippen LogP contribution in [0.3, 0.4) is 0 Å². The number of rotatable bonds is 24. The number of carboxylic acid groups (broad SMARTS) is 1. The van der Waals surface area contributed by atoms with Crippen molar-refractivity contribution in [3.63, 3.8) is 0 Å². The molecule has 2 heterocycles. The van der Waals surface area contributed by atoms with Crippen LogP contribution in [0.2, 0.25) is 0 Å². The zero-order valence-electron chi connectivity index (χ0n) is 40.1. The molecule has 0 radical (unpaired) electrons. The average Bonchev–Trinajstić information content (AvgIpc) is 3.83. The number of aliphatic carboxylic acids is 1.